The van der Waals surface area contributed by atoms with Gasteiger partial charge in [0.2, 0.25) is 0 Å². The molecule has 0 atom stereocenters. The molecule has 0 saturated heterocycles. The molecular formula is C40H24O2. The Balaban J connectivity index is 1.35. The summed E-state index contributed by atoms with van der Waals surface area (Å²) in [5, 5.41) is 8.03. The van der Waals surface area contributed by atoms with E-state index in [9.17, 15) is 0 Å². The molecule has 42 heavy (non-hydrogen) atoms. The third kappa shape index (κ3) is 3.39. The second-order valence-corrected chi connectivity index (χ2v) is 10.8. The van der Waals surface area contributed by atoms with Gasteiger partial charge in [-0.05, 0) is 62.0 Å². The van der Waals surface area contributed by atoms with Crippen LogP contribution in [0.15, 0.2) is 154 Å². The number of benzene rings is 7. The van der Waals surface area contributed by atoms with Gasteiger partial charge in [0.15, 0.2) is 0 Å². The van der Waals surface area contributed by atoms with E-state index in [2.05, 4.69) is 127 Å². The molecule has 2 nitrogen and oxygen atoms in total. The van der Waals surface area contributed by atoms with Crippen molar-refractivity contribution >= 4 is 54.5 Å². The Morgan fingerprint density at radius 3 is 1.62 bits per heavy atom. The lowest BCUT2D eigenvalue weighted by atomic mass is 9.85. The van der Waals surface area contributed by atoms with Crippen LogP contribution in [0.5, 0.6) is 0 Å². The predicted octanol–water partition coefficient (Wildman–Crippen LogP) is 11.6. The van der Waals surface area contributed by atoms with E-state index in [-0.39, 0.29) is 0 Å². The molecule has 196 valence electrons. The second kappa shape index (κ2) is 8.95. The van der Waals surface area contributed by atoms with Gasteiger partial charge >= 0.3 is 0 Å². The smallest absolute Gasteiger partial charge is 0.139 e. The minimum Gasteiger partial charge on any atom is -0.456 e. The quantitative estimate of drug-likeness (QED) is 0.210. The van der Waals surface area contributed by atoms with Gasteiger partial charge in [0.05, 0.1) is 0 Å². The number of rotatable bonds is 3. The molecule has 0 unspecified atom stereocenters. The minimum atomic E-state index is 0.822. The molecule has 0 amide bonds. The zero-order chi connectivity index (χ0) is 27.6. The van der Waals surface area contributed by atoms with Crippen molar-refractivity contribution in [3.05, 3.63) is 146 Å². The van der Waals surface area contributed by atoms with E-state index in [1.54, 1.807) is 0 Å². The third-order valence-corrected chi connectivity index (χ3v) is 8.47. The first-order chi connectivity index (χ1) is 20.8. The van der Waals surface area contributed by atoms with Crippen molar-refractivity contribution in [2.75, 3.05) is 0 Å². The Morgan fingerprint density at radius 1 is 0.333 bits per heavy atom. The fourth-order valence-electron chi connectivity index (χ4n) is 6.64. The predicted molar refractivity (Wildman–Crippen MR) is 175 cm³/mol. The average Bonchev–Trinajstić information content (AvgIpc) is 3.63. The summed E-state index contributed by atoms with van der Waals surface area (Å²) in [6.45, 7) is 0. The van der Waals surface area contributed by atoms with Crippen molar-refractivity contribution in [3.8, 4) is 33.6 Å². The first kappa shape index (κ1) is 23.1. The number of fused-ring (bicyclic) bond motifs is 6. The van der Waals surface area contributed by atoms with E-state index in [0.29, 0.717) is 0 Å². The molecule has 0 radical (unpaired) electrons. The van der Waals surface area contributed by atoms with Gasteiger partial charge in [0.1, 0.15) is 22.5 Å². The summed E-state index contributed by atoms with van der Waals surface area (Å²) < 4.78 is 12.8. The summed E-state index contributed by atoms with van der Waals surface area (Å²) in [7, 11) is 0. The lowest BCUT2D eigenvalue weighted by molar-refractivity contribution is 0.629. The average molecular weight is 537 g/mol. The molecule has 0 bridgehead atoms. The number of para-hydroxylation sites is 1. The first-order valence-corrected chi connectivity index (χ1v) is 14.3. The van der Waals surface area contributed by atoms with Crippen molar-refractivity contribution in [3.63, 3.8) is 0 Å². The standard InChI is InChI=1S/C40H24O2/c1-2-12-25(13-3-1)27-14-4-5-16-29(27)39-30-17-6-8-19-32(30)40(33-20-9-7-18-31(33)39)38-23-26-22-34-28-15-10-11-21-35(28)41-37(34)24-36(26)42-38/h1-24H. The number of hydrogen-bond acceptors (Lipinski definition) is 2. The molecule has 0 N–H and O–H groups in total. The largest absolute Gasteiger partial charge is 0.456 e. The Labute approximate surface area is 242 Å². The Bertz CT molecular complexity index is 2400. The molecule has 2 heteroatoms. The van der Waals surface area contributed by atoms with E-state index in [1.807, 2.05) is 18.2 Å². The molecule has 0 aliphatic heterocycles. The maximum absolute atomic E-state index is 6.65. The lowest BCUT2D eigenvalue weighted by Gasteiger charge is -2.18. The number of hydrogen-bond donors (Lipinski definition) is 0. The van der Waals surface area contributed by atoms with Crippen LogP contribution in [-0.2, 0) is 0 Å². The SMILES string of the molecule is c1ccc(-c2ccccc2-c2c3ccccc3c(-c3cc4cc5c(cc4o3)oc3ccccc35)c3ccccc23)cc1. The Kier molecular flexibility index (Phi) is 4.93. The summed E-state index contributed by atoms with van der Waals surface area (Å²) >= 11 is 0. The van der Waals surface area contributed by atoms with E-state index in [1.165, 1.54) is 43.8 Å². The molecular weight excluding hydrogens is 512 g/mol. The van der Waals surface area contributed by atoms with Gasteiger partial charge in [0, 0.05) is 27.8 Å². The van der Waals surface area contributed by atoms with Crippen molar-refractivity contribution in [1.29, 1.82) is 0 Å². The van der Waals surface area contributed by atoms with Gasteiger partial charge in [-0.1, -0.05) is 121 Å². The normalized spacial score (nSPS) is 11.8. The maximum atomic E-state index is 6.65. The Morgan fingerprint density at radius 2 is 0.905 bits per heavy atom. The van der Waals surface area contributed by atoms with Crippen LogP contribution in [0.25, 0.3) is 88.0 Å². The van der Waals surface area contributed by atoms with Crippen LogP contribution in [0, 0.1) is 0 Å². The second-order valence-electron chi connectivity index (χ2n) is 10.8. The zero-order valence-electron chi connectivity index (χ0n) is 22.7. The summed E-state index contributed by atoms with van der Waals surface area (Å²) in [6, 6.07) is 51.4. The van der Waals surface area contributed by atoms with Gasteiger partial charge < -0.3 is 8.83 Å². The molecule has 2 aromatic heterocycles. The van der Waals surface area contributed by atoms with Crippen molar-refractivity contribution in [1.82, 2.24) is 0 Å². The summed E-state index contributed by atoms with van der Waals surface area (Å²) in [5.74, 6) is 0.859. The number of furan rings is 2. The molecule has 7 aromatic carbocycles. The minimum absolute atomic E-state index is 0.822. The summed E-state index contributed by atoms with van der Waals surface area (Å²) in [5.41, 5.74) is 8.56. The van der Waals surface area contributed by atoms with E-state index in [0.717, 1.165) is 44.2 Å². The maximum Gasteiger partial charge on any atom is 0.139 e. The molecule has 2 heterocycles. The zero-order valence-corrected chi connectivity index (χ0v) is 22.7. The van der Waals surface area contributed by atoms with Crippen LogP contribution in [0.2, 0.25) is 0 Å². The van der Waals surface area contributed by atoms with Crippen LogP contribution < -0.4 is 0 Å². The van der Waals surface area contributed by atoms with Gasteiger partial charge in [-0.15, -0.1) is 0 Å². The fourth-order valence-corrected chi connectivity index (χ4v) is 6.64. The van der Waals surface area contributed by atoms with E-state index in [4.69, 9.17) is 8.83 Å². The molecule has 0 aliphatic carbocycles. The fraction of sp³-hybridized carbons (Fsp3) is 0. The molecule has 0 aliphatic rings. The van der Waals surface area contributed by atoms with Crippen LogP contribution in [-0.4, -0.2) is 0 Å². The highest BCUT2D eigenvalue weighted by Crippen LogP contribution is 2.47. The van der Waals surface area contributed by atoms with Crippen LogP contribution in [0.4, 0.5) is 0 Å². The van der Waals surface area contributed by atoms with Gasteiger partial charge in [-0.2, -0.15) is 0 Å². The van der Waals surface area contributed by atoms with Crippen LogP contribution in [0.3, 0.4) is 0 Å². The Hall–Kier alpha value is -5.60. The molecule has 0 spiro atoms. The molecule has 9 rings (SSSR count). The van der Waals surface area contributed by atoms with Crippen molar-refractivity contribution in [2.24, 2.45) is 0 Å². The van der Waals surface area contributed by atoms with Crippen molar-refractivity contribution < 1.29 is 8.83 Å². The molecule has 0 saturated carbocycles. The topological polar surface area (TPSA) is 26.3 Å². The monoisotopic (exact) mass is 536 g/mol. The van der Waals surface area contributed by atoms with Crippen LogP contribution >= 0.6 is 0 Å². The highest BCUT2D eigenvalue weighted by Gasteiger charge is 2.21. The van der Waals surface area contributed by atoms with Gasteiger partial charge in [-0.3, -0.25) is 0 Å². The summed E-state index contributed by atoms with van der Waals surface area (Å²) in [6.07, 6.45) is 0. The highest BCUT2D eigenvalue weighted by molar-refractivity contribution is 6.22. The molecule has 0 fully saturated rings. The third-order valence-electron chi connectivity index (χ3n) is 8.47. The van der Waals surface area contributed by atoms with Crippen LogP contribution in [0.1, 0.15) is 0 Å². The molecule has 9 aromatic rings. The van der Waals surface area contributed by atoms with Crippen molar-refractivity contribution in [2.45, 2.75) is 0 Å². The summed E-state index contributed by atoms with van der Waals surface area (Å²) in [4.78, 5) is 0. The van der Waals surface area contributed by atoms with Gasteiger partial charge in [0.25, 0.3) is 0 Å². The lowest BCUT2D eigenvalue weighted by Crippen LogP contribution is -1.92. The van der Waals surface area contributed by atoms with Gasteiger partial charge in [-0.25, -0.2) is 0 Å². The van der Waals surface area contributed by atoms with E-state index < -0.39 is 0 Å². The first-order valence-electron chi connectivity index (χ1n) is 14.3. The highest BCUT2D eigenvalue weighted by atomic mass is 16.3. The van der Waals surface area contributed by atoms with E-state index >= 15 is 0 Å².